The van der Waals surface area contributed by atoms with Crippen molar-refractivity contribution in [2.24, 2.45) is 0 Å². The summed E-state index contributed by atoms with van der Waals surface area (Å²) >= 11 is 3.44. The molecule has 19 heavy (non-hydrogen) atoms. The molecule has 0 saturated heterocycles. The molecule has 0 heterocycles. The van der Waals surface area contributed by atoms with Gasteiger partial charge in [0, 0.05) is 16.9 Å². The normalized spacial score (nSPS) is 14.1. The van der Waals surface area contributed by atoms with Crippen LogP contribution in [-0.2, 0) is 0 Å². The smallest absolute Gasteiger partial charge is 0.0870 e. The van der Waals surface area contributed by atoms with Crippen LogP contribution < -0.4 is 5.32 Å². The minimum atomic E-state index is -0.505. The fourth-order valence-corrected chi connectivity index (χ4v) is 2.49. The van der Waals surface area contributed by atoms with Crippen molar-refractivity contribution in [2.75, 3.05) is 13.6 Å². The monoisotopic (exact) mass is 319 g/mol. The van der Waals surface area contributed by atoms with Crippen molar-refractivity contribution in [1.82, 2.24) is 5.32 Å². The van der Waals surface area contributed by atoms with E-state index in [9.17, 15) is 5.11 Å². The molecule has 0 aromatic heterocycles. The van der Waals surface area contributed by atoms with Crippen LogP contribution in [0.25, 0.3) is 0 Å². The van der Waals surface area contributed by atoms with E-state index in [0.29, 0.717) is 0 Å². The topological polar surface area (TPSA) is 32.3 Å². The van der Waals surface area contributed by atoms with Crippen molar-refractivity contribution in [3.8, 4) is 0 Å². The Labute approximate surface area is 122 Å². The quantitative estimate of drug-likeness (QED) is 0.884. The van der Waals surface area contributed by atoms with Gasteiger partial charge in [0.05, 0.1) is 6.10 Å². The maximum atomic E-state index is 10.6. The summed E-state index contributed by atoms with van der Waals surface area (Å²) in [4.78, 5) is 0. The lowest BCUT2D eigenvalue weighted by Crippen LogP contribution is -2.23. The molecule has 3 heteroatoms. The molecule has 2 N–H and O–H groups in total. The van der Waals surface area contributed by atoms with Crippen LogP contribution in [0.4, 0.5) is 0 Å². The number of hydrogen-bond donors (Lipinski definition) is 2. The van der Waals surface area contributed by atoms with Crippen LogP contribution in [0.5, 0.6) is 0 Å². The van der Waals surface area contributed by atoms with Crippen LogP contribution >= 0.6 is 15.9 Å². The second-order valence-corrected chi connectivity index (χ2v) is 5.49. The summed E-state index contributed by atoms with van der Waals surface area (Å²) in [6.07, 6.45) is -0.505. The number of likely N-dealkylation sites (N-methyl/N-ethyl adjacent to an activating group) is 1. The Morgan fingerprint density at radius 1 is 1.00 bits per heavy atom. The molecule has 2 atom stereocenters. The van der Waals surface area contributed by atoms with Crippen LogP contribution in [0, 0.1) is 0 Å². The first-order valence-electron chi connectivity index (χ1n) is 6.35. The van der Waals surface area contributed by atoms with Crippen molar-refractivity contribution in [1.29, 1.82) is 0 Å². The van der Waals surface area contributed by atoms with Gasteiger partial charge in [-0.05, 0) is 30.3 Å². The van der Waals surface area contributed by atoms with Gasteiger partial charge in [-0.2, -0.15) is 0 Å². The molecule has 2 nitrogen and oxygen atoms in total. The van der Waals surface area contributed by atoms with Gasteiger partial charge >= 0.3 is 0 Å². The van der Waals surface area contributed by atoms with E-state index in [1.807, 2.05) is 49.5 Å². The molecule has 2 rings (SSSR count). The van der Waals surface area contributed by atoms with Gasteiger partial charge in [-0.1, -0.05) is 58.4 Å². The summed E-state index contributed by atoms with van der Waals surface area (Å²) in [5, 5.41) is 13.7. The highest BCUT2D eigenvalue weighted by atomic mass is 79.9. The van der Waals surface area contributed by atoms with E-state index in [4.69, 9.17) is 0 Å². The van der Waals surface area contributed by atoms with Crippen molar-refractivity contribution < 1.29 is 5.11 Å². The molecular formula is C16H18BrNO. The third-order valence-corrected chi connectivity index (χ3v) is 3.77. The molecule has 2 aromatic carbocycles. The Balaban J connectivity index is 2.27. The summed E-state index contributed by atoms with van der Waals surface area (Å²) in [6.45, 7) is 0.734. The van der Waals surface area contributed by atoms with Gasteiger partial charge in [0.25, 0.3) is 0 Å². The molecular weight excluding hydrogens is 302 g/mol. The Hall–Kier alpha value is -1.16. The van der Waals surface area contributed by atoms with Crippen LogP contribution in [0.15, 0.2) is 59.1 Å². The molecule has 0 aliphatic heterocycles. The largest absolute Gasteiger partial charge is 0.388 e. The summed E-state index contributed by atoms with van der Waals surface area (Å²) < 4.78 is 1.05. The lowest BCUT2D eigenvalue weighted by molar-refractivity contribution is 0.144. The lowest BCUT2D eigenvalue weighted by atomic mass is 9.89. The van der Waals surface area contributed by atoms with Gasteiger partial charge in [0.1, 0.15) is 0 Å². The highest BCUT2D eigenvalue weighted by Gasteiger charge is 2.21. The maximum Gasteiger partial charge on any atom is 0.0870 e. The van der Waals surface area contributed by atoms with Crippen molar-refractivity contribution in [3.05, 3.63) is 70.2 Å². The van der Waals surface area contributed by atoms with Crippen LogP contribution in [0.3, 0.4) is 0 Å². The number of rotatable bonds is 5. The first kappa shape index (κ1) is 14.3. The molecule has 2 aromatic rings. The predicted molar refractivity (Wildman–Crippen MR) is 82.2 cm³/mol. The van der Waals surface area contributed by atoms with E-state index in [1.165, 1.54) is 0 Å². The molecule has 0 aliphatic rings. The molecule has 0 fully saturated rings. The number of aliphatic hydroxyl groups is 1. The number of halogens is 1. The third kappa shape index (κ3) is 3.66. The average Bonchev–Trinajstić information content (AvgIpc) is 2.46. The van der Waals surface area contributed by atoms with Gasteiger partial charge in [-0.3, -0.25) is 0 Å². The highest BCUT2D eigenvalue weighted by Crippen LogP contribution is 2.31. The summed E-state index contributed by atoms with van der Waals surface area (Å²) in [5.41, 5.74) is 2.08. The maximum absolute atomic E-state index is 10.6. The summed E-state index contributed by atoms with van der Waals surface area (Å²) in [7, 11) is 1.91. The highest BCUT2D eigenvalue weighted by molar-refractivity contribution is 9.10. The van der Waals surface area contributed by atoms with E-state index in [0.717, 1.165) is 22.1 Å². The zero-order valence-electron chi connectivity index (χ0n) is 10.9. The summed E-state index contributed by atoms with van der Waals surface area (Å²) in [6, 6.07) is 17.9. The lowest BCUT2D eigenvalue weighted by Gasteiger charge is -2.23. The van der Waals surface area contributed by atoms with Gasteiger partial charge in [-0.25, -0.2) is 0 Å². The summed E-state index contributed by atoms with van der Waals surface area (Å²) in [5.74, 6) is 0.0421. The minimum Gasteiger partial charge on any atom is -0.388 e. The first-order valence-corrected chi connectivity index (χ1v) is 7.14. The van der Waals surface area contributed by atoms with E-state index < -0.39 is 6.10 Å². The van der Waals surface area contributed by atoms with Crippen molar-refractivity contribution >= 4 is 15.9 Å². The standard InChI is InChI=1S/C16H18BrNO/c1-18-11-15(12-7-9-14(17)10-8-12)16(19)13-5-3-2-4-6-13/h2-10,15-16,18-19H,11H2,1H3/t15?,16-/m1/s1. The minimum absolute atomic E-state index is 0.0421. The first-order chi connectivity index (χ1) is 9.22. The van der Waals surface area contributed by atoms with Gasteiger partial charge in [0.2, 0.25) is 0 Å². The zero-order valence-corrected chi connectivity index (χ0v) is 12.5. The molecule has 0 amide bonds. The molecule has 100 valence electrons. The second-order valence-electron chi connectivity index (χ2n) is 4.57. The molecule has 0 radical (unpaired) electrons. The number of benzene rings is 2. The van der Waals surface area contributed by atoms with Crippen molar-refractivity contribution in [2.45, 2.75) is 12.0 Å². The molecule has 0 bridgehead atoms. The third-order valence-electron chi connectivity index (χ3n) is 3.24. The Morgan fingerprint density at radius 2 is 1.63 bits per heavy atom. The molecule has 0 spiro atoms. The number of nitrogens with one attached hydrogen (secondary N) is 1. The Kier molecular flexibility index (Phi) is 5.14. The van der Waals surface area contributed by atoms with Gasteiger partial charge in [0.15, 0.2) is 0 Å². The molecule has 0 saturated carbocycles. The average molecular weight is 320 g/mol. The van der Waals surface area contributed by atoms with Crippen LogP contribution in [0.1, 0.15) is 23.1 Å². The van der Waals surface area contributed by atoms with E-state index in [2.05, 4.69) is 33.4 Å². The van der Waals surface area contributed by atoms with Crippen LogP contribution in [0.2, 0.25) is 0 Å². The predicted octanol–water partition coefficient (Wildman–Crippen LogP) is 3.49. The second kappa shape index (κ2) is 6.85. The fraction of sp³-hybridized carbons (Fsp3) is 0.250. The zero-order chi connectivity index (χ0) is 13.7. The Morgan fingerprint density at radius 3 is 2.21 bits per heavy atom. The molecule has 1 unspecified atom stereocenters. The van der Waals surface area contributed by atoms with E-state index in [1.54, 1.807) is 0 Å². The van der Waals surface area contributed by atoms with E-state index >= 15 is 0 Å². The number of aliphatic hydroxyl groups excluding tert-OH is 1. The fourth-order valence-electron chi connectivity index (χ4n) is 2.22. The van der Waals surface area contributed by atoms with Gasteiger partial charge < -0.3 is 10.4 Å². The van der Waals surface area contributed by atoms with E-state index in [-0.39, 0.29) is 5.92 Å². The van der Waals surface area contributed by atoms with Crippen LogP contribution in [-0.4, -0.2) is 18.7 Å². The van der Waals surface area contributed by atoms with Gasteiger partial charge in [-0.15, -0.1) is 0 Å². The Bertz CT molecular complexity index is 498. The SMILES string of the molecule is CNCC(c1ccc(Br)cc1)[C@H](O)c1ccccc1. The van der Waals surface area contributed by atoms with Crippen molar-refractivity contribution in [3.63, 3.8) is 0 Å². The molecule has 0 aliphatic carbocycles. The number of hydrogen-bond acceptors (Lipinski definition) is 2.